The minimum Gasteiger partial charge on any atom is -0.310 e. The molecule has 0 saturated carbocycles. The second-order valence-electron chi connectivity index (χ2n) is 9.17. The average Bonchev–Trinajstić information content (AvgIpc) is 3.38. The minimum atomic E-state index is 0.358. The molecule has 0 bridgehead atoms. The summed E-state index contributed by atoms with van der Waals surface area (Å²) in [6, 6.07) is 35.8. The Morgan fingerprint density at radius 3 is 2.19 bits per heavy atom. The first kappa shape index (κ1) is 18.1. The predicted octanol–water partition coefficient (Wildman–Crippen LogP) is 6.27. The summed E-state index contributed by atoms with van der Waals surface area (Å²) in [5.74, 6) is 0. The van der Waals surface area contributed by atoms with Gasteiger partial charge in [0, 0.05) is 22.0 Å². The molecule has 7 rings (SSSR count). The summed E-state index contributed by atoms with van der Waals surface area (Å²) < 4.78 is 2.51. The van der Waals surface area contributed by atoms with Crippen LogP contribution in [-0.2, 0) is 0 Å². The van der Waals surface area contributed by atoms with E-state index in [1.165, 1.54) is 69.7 Å². The molecule has 2 heteroatoms. The Labute approximate surface area is 189 Å². The third kappa shape index (κ3) is 2.47. The Morgan fingerprint density at radius 2 is 1.34 bits per heavy atom. The van der Waals surface area contributed by atoms with Gasteiger partial charge in [0.2, 0.25) is 6.71 Å². The molecule has 2 heterocycles. The van der Waals surface area contributed by atoms with Crippen molar-refractivity contribution in [1.82, 2.24) is 4.57 Å². The maximum absolute atomic E-state index is 2.51. The number of allylic oxidation sites excluding steroid dienone is 2. The molecule has 0 unspecified atom stereocenters. The van der Waals surface area contributed by atoms with Crippen LogP contribution in [0.5, 0.6) is 0 Å². The number of benzene rings is 4. The Morgan fingerprint density at radius 1 is 0.625 bits per heavy atom. The molecular formula is C30H24BN. The van der Waals surface area contributed by atoms with Gasteiger partial charge in [-0.3, -0.25) is 0 Å². The lowest BCUT2D eigenvalue weighted by molar-refractivity contribution is 0.734. The van der Waals surface area contributed by atoms with Crippen molar-refractivity contribution in [2.24, 2.45) is 0 Å². The fourth-order valence-corrected chi connectivity index (χ4v) is 6.23. The van der Waals surface area contributed by atoms with Crippen LogP contribution in [0, 0.1) is 0 Å². The van der Waals surface area contributed by atoms with E-state index in [1.807, 2.05) is 0 Å². The molecule has 0 saturated heterocycles. The van der Waals surface area contributed by atoms with E-state index in [-0.39, 0.29) is 0 Å². The first-order valence-electron chi connectivity index (χ1n) is 11.8. The standard InChI is InChI=1S/C30H24BN/c1-3-11-21(12-4-1)31-27-17-9-7-15-23(27)25-19-20-26-24-16-8-10-18-28(24)32(30(26)29(25)31)22-13-5-2-6-14-22/h1-6,8,10-14,16,18-20H,7,9,15,17H2. The predicted molar refractivity (Wildman–Crippen MR) is 138 cm³/mol. The highest BCUT2D eigenvalue weighted by molar-refractivity contribution is 6.95. The summed E-state index contributed by atoms with van der Waals surface area (Å²) in [7, 11) is 0. The first-order valence-corrected chi connectivity index (χ1v) is 11.8. The SMILES string of the molecule is c1ccc(B2C3=C(CCCC3)c3ccc4c5ccccc5n(-c5ccccc5)c4c32)cc1. The minimum absolute atomic E-state index is 0.358. The monoisotopic (exact) mass is 409 g/mol. The van der Waals surface area contributed by atoms with Crippen molar-refractivity contribution in [2.45, 2.75) is 25.7 Å². The molecule has 32 heavy (non-hydrogen) atoms. The van der Waals surface area contributed by atoms with Gasteiger partial charge >= 0.3 is 0 Å². The zero-order valence-electron chi connectivity index (χ0n) is 18.1. The van der Waals surface area contributed by atoms with E-state index in [0.29, 0.717) is 6.71 Å². The van der Waals surface area contributed by atoms with E-state index in [1.54, 1.807) is 11.0 Å². The molecule has 0 spiro atoms. The van der Waals surface area contributed by atoms with Gasteiger partial charge < -0.3 is 4.57 Å². The Balaban J connectivity index is 1.65. The molecule has 1 aromatic heterocycles. The van der Waals surface area contributed by atoms with Crippen LogP contribution in [0.15, 0.2) is 103 Å². The highest BCUT2D eigenvalue weighted by Crippen LogP contribution is 2.41. The van der Waals surface area contributed by atoms with Crippen molar-refractivity contribution in [3.63, 3.8) is 0 Å². The molecule has 0 amide bonds. The number of fused-ring (bicyclic) bond motifs is 6. The van der Waals surface area contributed by atoms with E-state index in [4.69, 9.17) is 0 Å². The van der Waals surface area contributed by atoms with Crippen LogP contribution < -0.4 is 10.9 Å². The van der Waals surface area contributed by atoms with Crippen molar-refractivity contribution in [2.75, 3.05) is 0 Å². The largest absolute Gasteiger partial charge is 0.310 e. The molecule has 2 aliphatic rings. The molecule has 1 aliphatic heterocycles. The van der Waals surface area contributed by atoms with Crippen molar-refractivity contribution in [1.29, 1.82) is 0 Å². The third-order valence-electron chi connectivity index (χ3n) is 7.50. The van der Waals surface area contributed by atoms with Crippen LogP contribution in [0.1, 0.15) is 31.2 Å². The highest BCUT2D eigenvalue weighted by atomic mass is 15.0. The molecule has 4 aromatic carbocycles. The van der Waals surface area contributed by atoms with Crippen molar-refractivity contribution >= 4 is 45.0 Å². The number of aromatic nitrogens is 1. The van der Waals surface area contributed by atoms with Crippen LogP contribution >= 0.6 is 0 Å². The maximum atomic E-state index is 2.51. The van der Waals surface area contributed by atoms with Gasteiger partial charge in [-0.2, -0.15) is 0 Å². The maximum Gasteiger partial charge on any atom is 0.241 e. The fraction of sp³-hybridized carbons (Fsp3) is 0.133. The fourth-order valence-electron chi connectivity index (χ4n) is 6.23. The van der Waals surface area contributed by atoms with Crippen molar-refractivity contribution in [3.05, 3.63) is 108 Å². The number of hydrogen-bond acceptors (Lipinski definition) is 0. The zero-order chi connectivity index (χ0) is 21.1. The summed E-state index contributed by atoms with van der Waals surface area (Å²) in [6.07, 6.45) is 5.04. The second kappa shape index (κ2) is 7.00. The molecule has 0 N–H and O–H groups in total. The molecule has 0 fully saturated rings. The van der Waals surface area contributed by atoms with Gasteiger partial charge in [-0.15, -0.1) is 0 Å². The smallest absolute Gasteiger partial charge is 0.241 e. The van der Waals surface area contributed by atoms with Crippen LogP contribution in [0.2, 0.25) is 0 Å². The molecule has 152 valence electrons. The highest BCUT2D eigenvalue weighted by Gasteiger charge is 2.38. The zero-order valence-corrected chi connectivity index (χ0v) is 18.1. The Hall–Kier alpha value is -3.52. The lowest BCUT2D eigenvalue weighted by Gasteiger charge is -2.19. The van der Waals surface area contributed by atoms with Gasteiger partial charge in [0.15, 0.2) is 0 Å². The summed E-state index contributed by atoms with van der Waals surface area (Å²) in [6.45, 7) is 0.358. The first-order chi connectivity index (χ1) is 15.9. The van der Waals surface area contributed by atoms with E-state index >= 15 is 0 Å². The van der Waals surface area contributed by atoms with Gasteiger partial charge in [-0.05, 0) is 60.5 Å². The van der Waals surface area contributed by atoms with E-state index in [2.05, 4.69) is 102 Å². The van der Waals surface area contributed by atoms with E-state index < -0.39 is 0 Å². The third-order valence-corrected chi connectivity index (χ3v) is 7.50. The molecule has 0 radical (unpaired) electrons. The number of rotatable bonds is 2. The number of hydrogen-bond donors (Lipinski definition) is 0. The van der Waals surface area contributed by atoms with Gasteiger partial charge in [0.1, 0.15) is 0 Å². The summed E-state index contributed by atoms with van der Waals surface area (Å²) in [4.78, 5) is 0. The lowest BCUT2D eigenvalue weighted by atomic mass is 9.37. The van der Waals surface area contributed by atoms with Gasteiger partial charge in [-0.25, -0.2) is 0 Å². The summed E-state index contributed by atoms with van der Waals surface area (Å²) >= 11 is 0. The average molecular weight is 409 g/mol. The molecular weight excluding hydrogens is 385 g/mol. The van der Waals surface area contributed by atoms with E-state index in [0.717, 1.165) is 0 Å². The van der Waals surface area contributed by atoms with Gasteiger partial charge in [0.25, 0.3) is 0 Å². The van der Waals surface area contributed by atoms with Crippen LogP contribution in [-0.4, -0.2) is 11.3 Å². The van der Waals surface area contributed by atoms with Crippen LogP contribution in [0.3, 0.4) is 0 Å². The normalized spacial score (nSPS) is 15.4. The summed E-state index contributed by atoms with van der Waals surface area (Å²) in [5.41, 5.74) is 11.6. The van der Waals surface area contributed by atoms with E-state index in [9.17, 15) is 0 Å². The number of nitrogens with zero attached hydrogens (tertiary/aromatic N) is 1. The van der Waals surface area contributed by atoms with Gasteiger partial charge in [0.05, 0.1) is 5.52 Å². The molecule has 1 aliphatic carbocycles. The molecule has 1 nitrogen and oxygen atoms in total. The summed E-state index contributed by atoms with van der Waals surface area (Å²) in [5, 5.41) is 2.70. The Bertz CT molecular complexity index is 1510. The quantitative estimate of drug-likeness (QED) is 0.303. The van der Waals surface area contributed by atoms with Crippen molar-refractivity contribution < 1.29 is 0 Å². The van der Waals surface area contributed by atoms with Crippen LogP contribution in [0.25, 0.3) is 33.1 Å². The molecule has 0 atom stereocenters. The number of para-hydroxylation sites is 2. The molecule has 5 aromatic rings. The van der Waals surface area contributed by atoms with Gasteiger partial charge in [-0.1, -0.05) is 89.8 Å². The van der Waals surface area contributed by atoms with Crippen LogP contribution in [0.4, 0.5) is 0 Å². The van der Waals surface area contributed by atoms with Crippen molar-refractivity contribution in [3.8, 4) is 5.69 Å². The second-order valence-corrected chi connectivity index (χ2v) is 9.17. The topological polar surface area (TPSA) is 4.93 Å². The lowest BCUT2D eigenvalue weighted by Crippen LogP contribution is -2.43. The Kier molecular flexibility index (Phi) is 3.96.